The fraction of sp³-hybridized carbons (Fsp3) is 0.222. The molecule has 20 heavy (non-hydrogen) atoms. The van der Waals surface area contributed by atoms with Gasteiger partial charge >= 0.3 is 0 Å². The van der Waals surface area contributed by atoms with Crippen molar-refractivity contribution >= 4 is 5.57 Å². The topological polar surface area (TPSA) is 0 Å². The van der Waals surface area contributed by atoms with Crippen LogP contribution in [0, 0.1) is 12.7 Å². The molecular formula is C18H20F2. The van der Waals surface area contributed by atoms with Crippen LogP contribution in [0.4, 0.5) is 8.78 Å². The van der Waals surface area contributed by atoms with Gasteiger partial charge in [-0.3, -0.25) is 0 Å². The average molecular weight is 274 g/mol. The van der Waals surface area contributed by atoms with Crippen molar-refractivity contribution in [3.05, 3.63) is 76.9 Å². The number of rotatable bonds is 4. The monoisotopic (exact) mass is 274 g/mol. The number of benzene rings is 1. The normalized spacial score (nSPS) is 11.2. The highest BCUT2D eigenvalue weighted by molar-refractivity contribution is 5.78. The first kappa shape index (κ1) is 16.1. The Kier molecular flexibility index (Phi) is 5.20. The Labute approximate surface area is 119 Å². The van der Waals surface area contributed by atoms with E-state index in [2.05, 4.69) is 13.2 Å². The minimum absolute atomic E-state index is 0.0561. The molecule has 106 valence electrons. The maximum atomic E-state index is 14.3. The van der Waals surface area contributed by atoms with Gasteiger partial charge in [0, 0.05) is 11.1 Å². The third kappa shape index (κ3) is 3.53. The molecule has 0 saturated heterocycles. The van der Waals surface area contributed by atoms with Crippen molar-refractivity contribution in [3.8, 4) is 0 Å². The minimum Gasteiger partial charge on any atom is -0.206 e. The second-order valence-electron chi connectivity index (χ2n) is 5.10. The Hall–Kier alpha value is -1.96. The van der Waals surface area contributed by atoms with Gasteiger partial charge in [-0.15, -0.1) is 0 Å². The summed E-state index contributed by atoms with van der Waals surface area (Å²) < 4.78 is 28.2. The van der Waals surface area contributed by atoms with E-state index in [4.69, 9.17) is 0 Å². The van der Waals surface area contributed by atoms with E-state index < -0.39 is 11.6 Å². The van der Waals surface area contributed by atoms with Crippen molar-refractivity contribution in [1.82, 2.24) is 0 Å². The molecule has 0 aromatic heterocycles. The minimum atomic E-state index is -0.544. The molecule has 0 spiro atoms. The van der Waals surface area contributed by atoms with Gasteiger partial charge in [0.25, 0.3) is 0 Å². The molecule has 0 aliphatic rings. The predicted molar refractivity (Wildman–Crippen MR) is 82.6 cm³/mol. The molecule has 1 aromatic carbocycles. The van der Waals surface area contributed by atoms with Crippen LogP contribution in [-0.2, 0) is 0 Å². The molecule has 0 heterocycles. The maximum absolute atomic E-state index is 14.3. The number of halogens is 2. The molecule has 0 radical (unpaired) electrons. The summed E-state index contributed by atoms with van der Waals surface area (Å²) in [5.41, 5.74) is 3.37. The van der Waals surface area contributed by atoms with E-state index in [1.807, 2.05) is 20.8 Å². The van der Waals surface area contributed by atoms with Crippen molar-refractivity contribution in [3.63, 3.8) is 0 Å². The van der Waals surface area contributed by atoms with Crippen LogP contribution in [-0.4, -0.2) is 0 Å². The van der Waals surface area contributed by atoms with Crippen molar-refractivity contribution in [2.45, 2.75) is 27.7 Å². The first-order valence-electron chi connectivity index (χ1n) is 6.41. The molecule has 1 rings (SSSR count). The largest absolute Gasteiger partial charge is 0.206 e. The van der Waals surface area contributed by atoms with Crippen molar-refractivity contribution in [2.75, 3.05) is 0 Å². The Balaban J connectivity index is 3.28. The third-order valence-corrected chi connectivity index (χ3v) is 3.08. The van der Waals surface area contributed by atoms with Crippen molar-refractivity contribution in [2.24, 2.45) is 0 Å². The number of allylic oxidation sites excluding steroid dienone is 6. The molecule has 0 unspecified atom stereocenters. The standard InChI is InChI=1S/C18H20F2/c1-11(2)15(12(3)4)10-17(20)14(6)18-13(5)8-7-9-16(18)19/h7-10H,1,6H2,2-5H3/b17-10+. The highest BCUT2D eigenvalue weighted by atomic mass is 19.1. The summed E-state index contributed by atoms with van der Waals surface area (Å²) in [5, 5.41) is 0. The summed E-state index contributed by atoms with van der Waals surface area (Å²) in [5.74, 6) is -1.01. The summed E-state index contributed by atoms with van der Waals surface area (Å²) in [6.07, 6.45) is 1.37. The van der Waals surface area contributed by atoms with Gasteiger partial charge in [0.1, 0.15) is 11.6 Å². The first-order chi connectivity index (χ1) is 9.25. The second-order valence-corrected chi connectivity index (χ2v) is 5.10. The van der Waals surface area contributed by atoms with Crippen LogP contribution in [0.15, 0.2) is 60.0 Å². The zero-order valence-electron chi connectivity index (χ0n) is 12.5. The molecule has 0 aliphatic carbocycles. The van der Waals surface area contributed by atoms with Gasteiger partial charge in [-0.05, 0) is 51.0 Å². The lowest BCUT2D eigenvalue weighted by atomic mass is 9.97. The van der Waals surface area contributed by atoms with Crippen LogP contribution in [0.3, 0.4) is 0 Å². The van der Waals surface area contributed by atoms with Gasteiger partial charge in [0.05, 0.1) is 0 Å². The summed E-state index contributed by atoms with van der Waals surface area (Å²) in [6.45, 7) is 14.8. The molecule has 0 atom stereocenters. The Morgan fingerprint density at radius 3 is 2.20 bits per heavy atom. The number of hydrogen-bond donors (Lipinski definition) is 0. The quantitative estimate of drug-likeness (QED) is 0.598. The van der Waals surface area contributed by atoms with Crippen molar-refractivity contribution < 1.29 is 8.78 Å². The van der Waals surface area contributed by atoms with Crippen LogP contribution >= 0.6 is 0 Å². The van der Waals surface area contributed by atoms with Crippen LogP contribution in [0.2, 0.25) is 0 Å². The first-order valence-corrected chi connectivity index (χ1v) is 6.41. The number of aryl methyl sites for hydroxylation is 1. The predicted octanol–water partition coefficient (Wildman–Crippen LogP) is 5.91. The smallest absolute Gasteiger partial charge is 0.131 e. The van der Waals surface area contributed by atoms with Crippen LogP contribution in [0.1, 0.15) is 31.9 Å². The van der Waals surface area contributed by atoms with E-state index in [0.29, 0.717) is 5.56 Å². The molecule has 0 N–H and O–H groups in total. The SMILES string of the molecule is C=C(C)C(/C=C(/F)C(=C)c1c(C)cccc1F)=C(C)C. The molecular weight excluding hydrogens is 254 g/mol. The van der Waals surface area contributed by atoms with E-state index >= 15 is 0 Å². The van der Waals surface area contributed by atoms with E-state index in [0.717, 1.165) is 16.7 Å². The fourth-order valence-electron chi connectivity index (χ4n) is 2.04. The molecule has 0 bridgehead atoms. The van der Waals surface area contributed by atoms with Gasteiger partial charge in [-0.25, -0.2) is 8.78 Å². The summed E-state index contributed by atoms with van der Waals surface area (Å²) in [4.78, 5) is 0. The Morgan fingerprint density at radius 2 is 1.75 bits per heavy atom. The van der Waals surface area contributed by atoms with E-state index in [1.54, 1.807) is 19.1 Å². The zero-order valence-corrected chi connectivity index (χ0v) is 12.5. The Bertz CT molecular complexity index is 592. The molecule has 0 saturated carbocycles. The van der Waals surface area contributed by atoms with E-state index in [1.165, 1.54) is 12.1 Å². The molecule has 1 aromatic rings. The van der Waals surface area contributed by atoms with Gasteiger partial charge in [0.2, 0.25) is 0 Å². The van der Waals surface area contributed by atoms with Crippen LogP contribution in [0.25, 0.3) is 5.57 Å². The lowest BCUT2D eigenvalue weighted by molar-refractivity contribution is 0.618. The van der Waals surface area contributed by atoms with Gasteiger partial charge < -0.3 is 0 Å². The lowest BCUT2D eigenvalue weighted by Crippen LogP contribution is -1.95. The van der Waals surface area contributed by atoms with Gasteiger partial charge in [-0.1, -0.05) is 36.4 Å². The molecule has 0 amide bonds. The van der Waals surface area contributed by atoms with Gasteiger partial charge in [0.15, 0.2) is 0 Å². The average Bonchev–Trinajstić information content (AvgIpc) is 2.34. The summed E-state index contributed by atoms with van der Waals surface area (Å²) >= 11 is 0. The summed E-state index contributed by atoms with van der Waals surface area (Å²) in [6, 6.07) is 4.64. The fourth-order valence-corrected chi connectivity index (χ4v) is 2.04. The maximum Gasteiger partial charge on any atom is 0.131 e. The highest BCUT2D eigenvalue weighted by Gasteiger charge is 2.13. The Morgan fingerprint density at radius 1 is 1.15 bits per heavy atom. The third-order valence-electron chi connectivity index (χ3n) is 3.08. The summed E-state index contributed by atoms with van der Waals surface area (Å²) in [7, 11) is 0. The van der Waals surface area contributed by atoms with Crippen LogP contribution in [0.5, 0.6) is 0 Å². The van der Waals surface area contributed by atoms with E-state index in [9.17, 15) is 8.78 Å². The van der Waals surface area contributed by atoms with Gasteiger partial charge in [-0.2, -0.15) is 0 Å². The zero-order chi connectivity index (χ0) is 15.4. The molecule has 2 heteroatoms. The molecule has 0 nitrogen and oxygen atoms in total. The second kappa shape index (κ2) is 6.47. The highest BCUT2D eigenvalue weighted by Crippen LogP contribution is 2.29. The molecule has 0 fully saturated rings. The van der Waals surface area contributed by atoms with Crippen molar-refractivity contribution in [1.29, 1.82) is 0 Å². The van der Waals surface area contributed by atoms with Crippen LogP contribution < -0.4 is 0 Å². The molecule has 0 aliphatic heterocycles. The number of hydrogen-bond acceptors (Lipinski definition) is 0. The van der Waals surface area contributed by atoms with E-state index in [-0.39, 0.29) is 11.1 Å². The lowest BCUT2D eigenvalue weighted by Gasteiger charge is -2.10.